The van der Waals surface area contributed by atoms with Gasteiger partial charge in [-0.15, -0.1) is 0 Å². The van der Waals surface area contributed by atoms with Gasteiger partial charge < -0.3 is 5.32 Å². The first-order valence-corrected chi connectivity index (χ1v) is 7.53. The number of hydrogen-bond donors (Lipinski definition) is 1. The van der Waals surface area contributed by atoms with E-state index in [9.17, 15) is 15.4 Å². The summed E-state index contributed by atoms with van der Waals surface area (Å²) in [5, 5.41) is 25.7. The quantitative estimate of drug-likeness (QED) is 0.554. The van der Waals surface area contributed by atoms with Crippen LogP contribution in [-0.4, -0.2) is 4.92 Å². The SMILES string of the molecule is C[C@@H](Nc1ccc([N+](=O)[O-])cc1C#N)c1cccc2ccccc12. The van der Waals surface area contributed by atoms with Gasteiger partial charge in [0.2, 0.25) is 0 Å². The number of anilines is 1. The Morgan fingerprint density at radius 3 is 2.62 bits per heavy atom. The molecule has 118 valence electrons. The van der Waals surface area contributed by atoms with E-state index in [1.165, 1.54) is 12.1 Å². The van der Waals surface area contributed by atoms with E-state index in [-0.39, 0.29) is 17.3 Å². The summed E-state index contributed by atoms with van der Waals surface area (Å²) in [6, 6.07) is 20.4. The van der Waals surface area contributed by atoms with E-state index >= 15 is 0 Å². The molecule has 0 saturated carbocycles. The maximum Gasteiger partial charge on any atom is 0.270 e. The molecule has 3 aromatic rings. The summed E-state index contributed by atoms with van der Waals surface area (Å²) >= 11 is 0. The Bertz CT molecular complexity index is 955. The minimum atomic E-state index is -0.501. The molecule has 24 heavy (non-hydrogen) atoms. The highest BCUT2D eigenvalue weighted by Gasteiger charge is 2.14. The van der Waals surface area contributed by atoms with Crippen LogP contribution >= 0.6 is 0 Å². The molecule has 5 heteroatoms. The van der Waals surface area contributed by atoms with Gasteiger partial charge in [0, 0.05) is 18.2 Å². The summed E-state index contributed by atoms with van der Waals surface area (Å²) in [5.41, 5.74) is 1.87. The Kier molecular flexibility index (Phi) is 4.13. The number of non-ortho nitro benzene ring substituents is 1. The predicted molar refractivity (Wildman–Crippen MR) is 93.8 cm³/mol. The fourth-order valence-corrected chi connectivity index (χ4v) is 2.80. The molecular weight excluding hydrogens is 302 g/mol. The van der Waals surface area contributed by atoms with Crippen LogP contribution in [0.1, 0.15) is 24.1 Å². The lowest BCUT2D eigenvalue weighted by Gasteiger charge is -2.18. The van der Waals surface area contributed by atoms with Crippen molar-refractivity contribution in [1.29, 1.82) is 5.26 Å². The summed E-state index contributed by atoms with van der Waals surface area (Å²) < 4.78 is 0. The van der Waals surface area contributed by atoms with E-state index in [4.69, 9.17) is 0 Å². The maximum absolute atomic E-state index is 10.8. The van der Waals surface area contributed by atoms with Gasteiger partial charge in [0.25, 0.3) is 5.69 Å². The van der Waals surface area contributed by atoms with Crippen molar-refractivity contribution in [1.82, 2.24) is 0 Å². The Hall–Kier alpha value is -3.39. The Balaban J connectivity index is 1.96. The highest BCUT2D eigenvalue weighted by Crippen LogP contribution is 2.29. The van der Waals surface area contributed by atoms with Crippen LogP contribution < -0.4 is 5.32 Å². The molecule has 0 aromatic heterocycles. The van der Waals surface area contributed by atoms with Gasteiger partial charge in [-0.2, -0.15) is 5.26 Å². The van der Waals surface area contributed by atoms with Crippen molar-refractivity contribution in [3.8, 4) is 6.07 Å². The van der Waals surface area contributed by atoms with Crippen LogP contribution in [0, 0.1) is 21.4 Å². The van der Waals surface area contributed by atoms with Crippen LogP contribution in [0.2, 0.25) is 0 Å². The number of nitro groups is 1. The van der Waals surface area contributed by atoms with Crippen LogP contribution in [0.15, 0.2) is 60.7 Å². The van der Waals surface area contributed by atoms with Gasteiger partial charge in [-0.1, -0.05) is 42.5 Å². The first kappa shape index (κ1) is 15.5. The number of hydrogen-bond acceptors (Lipinski definition) is 4. The lowest BCUT2D eigenvalue weighted by molar-refractivity contribution is -0.384. The second kappa shape index (κ2) is 6.39. The van der Waals surface area contributed by atoms with E-state index < -0.39 is 4.92 Å². The Morgan fingerprint density at radius 2 is 1.88 bits per heavy atom. The molecule has 0 aliphatic heterocycles. The second-order valence-corrected chi connectivity index (χ2v) is 5.53. The predicted octanol–water partition coefficient (Wildman–Crippen LogP) is 4.79. The molecule has 0 radical (unpaired) electrons. The molecule has 5 nitrogen and oxygen atoms in total. The first-order chi connectivity index (χ1) is 11.6. The van der Waals surface area contributed by atoms with Crippen LogP contribution in [0.4, 0.5) is 11.4 Å². The number of nitriles is 1. The minimum Gasteiger partial charge on any atom is -0.377 e. The average Bonchev–Trinajstić information content (AvgIpc) is 2.61. The molecule has 0 saturated heterocycles. The van der Waals surface area contributed by atoms with Crippen molar-refractivity contribution in [2.75, 3.05) is 5.32 Å². The van der Waals surface area contributed by atoms with Gasteiger partial charge in [-0.25, -0.2) is 0 Å². The molecule has 3 aromatic carbocycles. The van der Waals surface area contributed by atoms with Gasteiger partial charge in [0.1, 0.15) is 6.07 Å². The summed E-state index contributed by atoms with van der Waals surface area (Å²) in [4.78, 5) is 10.3. The normalized spacial score (nSPS) is 11.7. The standard InChI is InChI=1S/C19H15N3O2/c1-13(17-8-4-6-14-5-2-3-7-18(14)17)21-19-10-9-16(22(23)24)11-15(19)12-20/h2-11,13,21H,1H3/t13-/m1/s1. The van der Waals surface area contributed by atoms with E-state index in [1.807, 2.05) is 37.3 Å². The summed E-state index contributed by atoms with van der Waals surface area (Å²) in [7, 11) is 0. The van der Waals surface area contributed by atoms with Crippen molar-refractivity contribution in [3.63, 3.8) is 0 Å². The molecular formula is C19H15N3O2. The molecule has 0 bridgehead atoms. The van der Waals surface area contributed by atoms with Crippen LogP contribution in [0.25, 0.3) is 10.8 Å². The Labute approximate surface area is 139 Å². The molecule has 0 aliphatic carbocycles. The van der Waals surface area contributed by atoms with Gasteiger partial charge in [0.15, 0.2) is 0 Å². The lowest BCUT2D eigenvalue weighted by Crippen LogP contribution is -2.08. The average molecular weight is 317 g/mol. The van der Waals surface area contributed by atoms with Crippen molar-refractivity contribution in [2.24, 2.45) is 0 Å². The van der Waals surface area contributed by atoms with Gasteiger partial charge in [-0.05, 0) is 29.3 Å². The molecule has 1 N–H and O–H groups in total. The second-order valence-electron chi connectivity index (χ2n) is 5.53. The summed E-state index contributed by atoms with van der Waals surface area (Å²) in [5.74, 6) is 0. The third kappa shape index (κ3) is 2.90. The van der Waals surface area contributed by atoms with Crippen molar-refractivity contribution >= 4 is 22.1 Å². The zero-order chi connectivity index (χ0) is 17.1. The zero-order valence-electron chi connectivity index (χ0n) is 13.1. The summed E-state index contributed by atoms with van der Waals surface area (Å²) in [6.07, 6.45) is 0. The van der Waals surface area contributed by atoms with Crippen LogP contribution in [0.3, 0.4) is 0 Å². The van der Waals surface area contributed by atoms with Crippen molar-refractivity contribution < 1.29 is 4.92 Å². The van der Waals surface area contributed by atoms with E-state index in [2.05, 4.69) is 23.5 Å². The van der Waals surface area contributed by atoms with Crippen LogP contribution in [0.5, 0.6) is 0 Å². The molecule has 0 heterocycles. The van der Waals surface area contributed by atoms with Crippen LogP contribution in [-0.2, 0) is 0 Å². The molecule has 1 atom stereocenters. The zero-order valence-corrected chi connectivity index (χ0v) is 13.1. The topological polar surface area (TPSA) is 79.0 Å². The van der Waals surface area contributed by atoms with Crippen molar-refractivity contribution in [3.05, 3.63) is 81.9 Å². The fourth-order valence-electron chi connectivity index (χ4n) is 2.80. The number of rotatable bonds is 4. The molecule has 0 spiro atoms. The molecule has 0 aliphatic rings. The monoisotopic (exact) mass is 317 g/mol. The van der Waals surface area contributed by atoms with E-state index in [1.54, 1.807) is 6.07 Å². The highest BCUT2D eigenvalue weighted by atomic mass is 16.6. The number of nitrogens with zero attached hydrogens (tertiary/aromatic N) is 2. The smallest absolute Gasteiger partial charge is 0.270 e. The lowest BCUT2D eigenvalue weighted by atomic mass is 9.99. The molecule has 0 unspecified atom stereocenters. The number of benzene rings is 3. The van der Waals surface area contributed by atoms with E-state index in [0.29, 0.717) is 5.69 Å². The maximum atomic E-state index is 10.8. The Morgan fingerprint density at radius 1 is 1.12 bits per heavy atom. The van der Waals surface area contributed by atoms with E-state index in [0.717, 1.165) is 16.3 Å². The third-order valence-electron chi connectivity index (χ3n) is 4.00. The highest BCUT2D eigenvalue weighted by molar-refractivity contribution is 5.86. The van der Waals surface area contributed by atoms with Gasteiger partial charge >= 0.3 is 0 Å². The largest absolute Gasteiger partial charge is 0.377 e. The minimum absolute atomic E-state index is 0.0512. The third-order valence-corrected chi connectivity index (χ3v) is 4.00. The van der Waals surface area contributed by atoms with Gasteiger partial charge in [-0.3, -0.25) is 10.1 Å². The number of nitrogens with one attached hydrogen (secondary N) is 1. The van der Waals surface area contributed by atoms with Crippen molar-refractivity contribution in [2.45, 2.75) is 13.0 Å². The number of fused-ring (bicyclic) bond motifs is 1. The first-order valence-electron chi connectivity index (χ1n) is 7.53. The molecule has 0 fully saturated rings. The summed E-state index contributed by atoms with van der Waals surface area (Å²) in [6.45, 7) is 2.00. The van der Waals surface area contributed by atoms with Gasteiger partial charge in [0.05, 0.1) is 16.2 Å². The fraction of sp³-hybridized carbons (Fsp3) is 0.105. The molecule has 0 amide bonds. The molecule has 3 rings (SSSR count). The number of nitro benzene ring substituents is 1.